The molecule has 5 nitrogen and oxygen atoms in total. The van der Waals surface area contributed by atoms with Gasteiger partial charge in [0.15, 0.2) is 0 Å². The second-order valence-corrected chi connectivity index (χ2v) is 7.57. The van der Waals surface area contributed by atoms with Crippen LogP contribution in [0, 0.1) is 5.82 Å². The molecule has 0 aliphatic carbocycles. The van der Waals surface area contributed by atoms with Crippen LogP contribution in [0.3, 0.4) is 0 Å². The summed E-state index contributed by atoms with van der Waals surface area (Å²) < 4.78 is 19.6. The smallest absolute Gasteiger partial charge is 0.336 e. The van der Waals surface area contributed by atoms with E-state index in [9.17, 15) is 14.3 Å². The molecule has 0 radical (unpaired) electrons. The number of ether oxygens (including phenoxy) is 1. The van der Waals surface area contributed by atoms with Crippen molar-refractivity contribution in [3.8, 4) is 16.9 Å². The maximum atomic E-state index is 14.5. The summed E-state index contributed by atoms with van der Waals surface area (Å²) in [7, 11) is 3.57. The van der Waals surface area contributed by atoms with Gasteiger partial charge in [-0.2, -0.15) is 0 Å². The summed E-state index contributed by atoms with van der Waals surface area (Å²) in [5.74, 6) is -0.748. The molecule has 0 unspecified atom stereocenters. The molecule has 1 atom stereocenters. The molecule has 1 N–H and O–H groups in total. The molecule has 2 heterocycles. The molecule has 0 saturated carbocycles. The SMILES string of the molecule is COc1ccc(-c2ccc3c(c2)CN(C)[C@@H]3CCc2cnccc2C(=O)O)c(F)c1. The van der Waals surface area contributed by atoms with Crippen LogP contribution in [0.25, 0.3) is 11.1 Å². The lowest BCUT2D eigenvalue weighted by Gasteiger charge is -2.20. The van der Waals surface area contributed by atoms with Crippen LogP contribution in [0.2, 0.25) is 0 Å². The Balaban J connectivity index is 1.57. The van der Waals surface area contributed by atoms with Crippen molar-refractivity contribution >= 4 is 5.97 Å². The van der Waals surface area contributed by atoms with E-state index in [-0.39, 0.29) is 11.9 Å². The monoisotopic (exact) mass is 406 g/mol. The molecule has 30 heavy (non-hydrogen) atoms. The number of fused-ring (bicyclic) bond motifs is 1. The van der Waals surface area contributed by atoms with Crippen molar-refractivity contribution in [2.75, 3.05) is 14.2 Å². The number of pyridine rings is 1. The predicted octanol–water partition coefficient (Wildman–Crippen LogP) is 4.71. The number of hydrogen-bond donors (Lipinski definition) is 1. The normalized spacial score (nSPS) is 15.8. The van der Waals surface area contributed by atoms with Crippen LogP contribution >= 0.6 is 0 Å². The number of aromatic nitrogens is 1. The van der Waals surface area contributed by atoms with Gasteiger partial charge >= 0.3 is 5.97 Å². The molecule has 4 rings (SSSR count). The number of carboxylic acid groups (broad SMARTS) is 1. The summed E-state index contributed by atoms with van der Waals surface area (Å²) in [6.07, 6.45) is 4.54. The van der Waals surface area contributed by atoms with Gasteiger partial charge in [0.1, 0.15) is 11.6 Å². The highest BCUT2D eigenvalue weighted by molar-refractivity contribution is 5.89. The Kier molecular flexibility index (Phi) is 5.50. The molecule has 0 fully saturated rings. The Bertz CT molecular complexity index is 1100. The molecule has 0 amide bonds. The van der Waals surface area contributed by atoms with Crippen molar-refractivity contribution in [1.29, 1.82) is 0 Å². The Morgan fingerprint density at radius 3 is 2.83 bits per heavy atom. The van der Waals surface area contributed by atoms with Crippen molar-refractivity contribution in [3.63, 3.8) is 0 Å². The number of benzene rings is 2. The zero-order valence-electron chi connectivity index (χ0n) is 16.9. The largest absolute Gasteiger partial charge is 0.497 e. The third kappa shape index (κ3) is 3.78. The third-order valence-electron chi connectivity index (χ3n) is 5.76. The second kappa shape index (κ2) is 8.24. The van der Waals surface area contributed by atoms with Gasteiger partial charge in [0, 0.05) is 36.6 Å². The Morgan fingerprint density at radius 2 is 2.10 bits per heavy atom. The number of halogens is 1. The fourth-order valence-corrected chi connectivity index (χ4v) is 4.21. The topological polar surface area (TPSA) is 62.7 Å². The first kappa shape index (κ1) is 20.0. The first-order valence-corrected chi connectivity index (χ1v) is 9.81. The lowest BCUT2D eigenvalue weighted by Crippen LogP contribution is -2.17. The Morgan fingerprint density at radius 1 is 1.27 bits per heavy atom. The standard InChI is InChI=1S/C24H23FN2O3/c1-27-14-17-11-15(19-7-5-18(30-2)12-22(19)25)3-6-20(17)23(27)8-4-16-13-26-10-9-21(16)24(28)29/h3,5-7,9-13,23H,4,8,14H2,1-2H3,(H,28,29)/t23-/m1/s1. The number of nitrogens with zero attached hydrogens (tertiary/aromatic N) is 2. The van der Waals surface area contributed by atoms with E-state index in [1.165, 1.54) is 30.5 Å². The molecule has 2 aromatic carbocycles. The summed E-state index contributed by atoms with van der Waals surface area (Å²) in [4.78, 5) is 17.8. The molecule has 0 saturated heterocycles. The molecule has 1 aliphatic heterocycles. The number of carboxylic acids is 1. The maximum absolute atomic E-state index is 14.5. The van der Waals surface area contributed by atoms with E-state index in [2.05, 4.69) is 23.0 Å². The van der Waals surface area contributed by atoms with E-state index >= 15 is 0 Å². The van der Waals surface area contributed by atoms with Crippen LogP contribution in [0.4, 0.5) is 4.39 Å². The summed E-state index contributed by atoms with van der Waals surface area (Å²) in [6, 6.07) is 12.7. The minimum absolute atomic E-state index is 0.177. The lowest BCUT2D eigenvalue weighted by atomic mass is 9.94. The van der Waals surface area contributed by atoms with Crippen LogP contribution in [-0.2, 0) is 13.0 Å². The van der Waals surface area contributed by atoms with Gasteiger partial charge in [-0.3, -0.25) is 9.88 Å². The van der Waals surface area contributed by atoms with E-state index in [0.717, 1.165) is 24.1 Å². The molecule has 1 aliphatic rings. The first-order chi connectivity index (χ1) is 14.5. The number of rotatable bonds is 6. The molecule has 3 aromatic rings. The number of aryl methyl sites for hydroxylation is 1. The minimum atomic E-state index is -0.932. The van der Waals surface area contributed by atoms with Gasteiger partial charge < -0.3 is 9.84 Å². The van der Waals surface area contributed by atoms with Crippen LogP contribution in [-0.4, -0.2) is 35.1 Å². The van der Waals surface area contributed by atoms with Gasteiger partial charge in [0.25, 0.3) is 0 Å². The van der Waals surface area contributed by atoms with Gasteiger partial charge in [0.05, 0.1) is 12.7 Å². The summed E-state index contributed by atoms with van der Waals surface area (Å²) in [6.45, 7) is 0.768. The highest BCUT2D eigenvalue weighted by Gasteiger charge is 2.28. The van der Waals surface area contributed by atoms with Crippen LogP contribution < -0.4 is 4.74 Å². The third-order valence-corrected chi connectivity index (χ3v) is 5.76. The quantitative estimate of drug-likeness (QED) is 0.642. The first-order valence-electron chi connectivity index (χ1n) is 9.81. The summed E-state index contributed by atoms with van der Waals surface area (Å²) in [5.41, 5.74) is 4.80. The average molecular weight is 406 g/mol. The highest BCUT2D eigenvalue weighted by Crippen LogP contribution is 2.38. The average Bonchev–Trinajstić information content (AvgIpc) is 3.06. The van der Waals surface area contributed by atoms with Gasteiger partial charge in [-0.15, -0.1) is 0 Å². The Hall–Kier alpha value is -3.25. The van der Waals surface area contributed by atoms with Gasteiger partial charge in [0.2, 0.25) is 0 Å². The van der Waals surface area contributed by atoms with Crippen molar-refractivity contribution in [1.82, 2.24) is 9.88 Å². The lowest BCUT2D eigenvalue weighted by molar-refractivity contribution is 0.0695. The molecule has 1 aromatic heterocycles. The number of hydrogen-bond acceptors (Lipinski definition) is 4. The van der Waals surface area contributed by atoms with Crippen LogP contribution in [0.1, 0.15) is 39.5 Å². The van der Waals surface area contributed by atoms with Crippen molar-refractivity contribution in [3.05, 3.63) is 82.9 Å². The molecular formula is C24H23FN2O3. The fraction of sp³-hybridized carbons (Fsp3) is 0.250. The second-order valence-electron chi connectivity index (χ2n) is 7.57. The van der Waals surface area contributed by atoms with E-state index in [4.69, 9.17) is 4.74 Å². The van der Waals surface area contributed by atoms with E-state index in [1.807, 2.05) is 12.1 Å². The highest BCUT2D eigenvalue weighted by atomic mass is 19.1. The van der Waals surface area contributed by atoms with E-state index in [1.54, 1.807) is 24.4 Å². The van der Waals surface area contributed by atoms with Crippen LogP contribution in [0.15, 0.2) is 54.9 Å². The number of methoxy groups -OCH3 is 1. The Labute approximate surface area is 174 Å². The number of aromatic carboxylic acids is 1. The minimum Gasteiger partial charge on any atom is -0.497 e. The van der Waals surface area contributed by atoms with Crippen LogP contribution in [0.5, 0.6) is 5.75 Å². The zero-order chi connectivity index (χ0) is 21.3. The van der Waals surface area contributed by atoms with E-state index < -0.39 is 5.97 Å². The van der Waals surface area contributed by atoms with Crippen molar-refractivity contribution in [2.24, 2.45) is 0 Å². The molecule has 0 bridgehead atoms. The molecular weight excluding hydrogens is 383 g/mol. The maximum Gasteiger partial charge on any atom is 0.336 e. The van der Waals surface area contributed by atoms with E-state index in [0.29, 0.717) is 23.3 Å². The van der Waals surface area contributed by atoms with Gasteiger partial charge in [-0.05, 0) is 66.4 Å². The van der Waals surface area contributed by atoms with Gasteiger partial charge in [-0.1, -0.05) is 12.1 Å². The summed E-state index contributed by atoms with van der Waals surface area (Å²) >= 11 is 0. The molecule has 154 valence electrons. The predicted molar refractivity (Wildman–Crippen MR) is 112 cm³/mol. The molecule has 6 heteroatoms. The zero-order valence-corrected chi connectivity index (χ0v) is 16.9. The summed E-state index contributed by atoms with van der Waals surface area (Å²) in [5, 5.41) is 9.38. The van der Waals surface area contributed by atoms with Crippen molar-refractivity contribution in [2.45, 2.75) is 25.4 Å². The van der Waals surface area contributed by atoms with Gasteiger partial charge in [-0.25, -0.2) is 9.18 Å². The molecule has 0 spiro atoms. The van der Waals surface area contributed by atoms with Crippen molar-refractivity contribution < 1.29 is 19.0 Å². The fourth-order valence-electron chi connectivity index (χ4n) is 4.21. The number of carbonyl (C=O) groups is 1.